The van der Waals surface area contributed by atoms with E-state index in [-0.39, 0.29) is 36.7 Å². The third-order valence-corrected chi connectivity index (χ3v) is 7.15. The molecule has 0 spiro atoms. The highest BCUT2D eigenvalue weighted by molar-refractivity contribution is 6.00. The van der Waals surface area contributed by atoms with E-state index in [1.807, 2.05) is 18.2 Å². The van der Waals surface area contributed by atoms with E-state index in [1.54, 1.807) is 35.4 Å². The van der Waals surface area contributed by atoms with Gasteiger partial charge in [-0.2, -0.15) is 13.2 Å². The lowest BCUT2D eigenvalue weighted by Crippen LogP contribution is -2.30. The third-order valence-electron chi connectivity index (χ3n) is 7.15. The fraction of sp³-hybridized carbons (Fsp3) is 0.310. The molecular weight excluding hydrogens is 507 g/mol. The van der Waals surface area contributed by atoms with Gasteiger partial charge < -0.3 is 9.30 Å². The second-order valence-corrected chi connectivity index (χ2v) is 10.2. The molecule has 1 saturated heterocycles. The molecule has 4 aromatic rings. The van der Waals surface area contributed by atoms with Crippen molar-refractivity contribution in [3.8, 4) is 22.8 Å². The van der Waals surface area contributed by atoms with Crippen LogP contribution in [-0.4, -0.2) is 38.6 Å². The summed E-state index contributed by atoms with van der Waals surface area (Å²) < 4.78 is 46.8. The molecule has 1 amide bonds. The molecule has 0 aliphatic carbocycles. The molecule has 0 saturated carbocycles. The van der Waals surface area contributed by atoms with Crippen molar-refractivity contribution in [1.29, 1.82) is 0 Å². The number of aromatic nitrogens is 4. The quantitative estimate of drug-likeness (QED) is 0.313. The Hall–Kier alpha value is -4.05. The van der Waals surface area contributed by atoms with Gasteiger partial charge in [-0.05, 0) is 17.0 Å². The molecule has 1 fully saturated rings. The van der Waals surface area contributed by atoms with Gasteiger partial charge in [0.15, 0.2) is 11.5 Å². The zero-order chi connectivity index (χ0) is 27.3. The first kappa shape index (κ1) is 25.2. The number of anilines is 1. The molecular formula is C29H26F3N5O2. The predicted octanol–water partition coefficient (Wildman–Crippen LogP) is 5.81. The first-order valence-corrected chi connectivity index (χ1v) is 12.8. The van der Waals surface area contributed by atoms with Crippen molar-refractivity contribution in [2.75, 3.05) is 18.1 Å². The number of carbonyl (C=O) groups is 1. The molecule has 4 heterocycles. The van der Waals surface area contributed by atoms with Crippen molar-refractivity contribution >= 4 is 11.7 Å². The van der Waals surface area contributed by atoms with E-state index >= 15 is 0 Å². The largest absolute Gasteiger partial charge is 0.434 e. The lowest BCUT2D eigenvalue weighted by Gasteiger charge is -2.28. The topological polar surface area (TPSA) is 73.1 Å². The number of alkyl halides is 3. The Morgan fingerprint density at radius 3 is 2.46 bits per heavy atom. The van der Waals surface area contributed by atoms with Crippen LogP contribution in [0.15, 0.2) is 60.9 Å². The Balaban J connectivity index is 1.28. The van der Waals surface area contributed by atoms with E-state index in [4.69, 9.17) is 9.72 Å². The summed E-state index contributed by atoms with van der Waals surface area (Å²) in [5.74, 6) is 1.61. The maximum atomic E-state index is 13.4. The number of halogens is 3. The Morgan fingerprint density at radius 1 is 1.05 bits per heavy atom. The Labute approximate surface area is 223 Å². The van der Waals surface area contributed by atoms with E-state index in [9.17, 15) is 18.0 Å². The second kappa shape index (κ2) is 9.60. The average Bonchev–Trinajstić information content (AvgIpc) is 3.45. The average molecular weight is 534 g/mol. The summed E-state index contributed by atoms with van der Waals surface area (Å²) in [5.41, 5.74) is 3.29. The van der Waals surface area contributed by atoms with Crippen LogP contribution in [0.2, 0.25) is 0 Å². The number of hydrogen-bond donors (Lipinski definition) is 0. The molecule has 0 atom stereocenters. The fourth-order valence-electron chi connectivity index (χ4n) is 4.98. The van der Waals surface area contributed by atoms with Crippen LogP contribution in [0.5, 0.6) is 0 Å². The van der Waals surface area contributed by atoms with Crippen LogP contribution in [0.25, 0.3) is 22.8 Å². The normalized spacial score (nSPS) is 15.6. The van der Waals surface area contributed by atoms with Gasteiger partial charge in [-0.15, -0.1) is 0 Å². The molecule has 10 heteroatoms. The molecule has 2 aromatic heterocycles. The maximum Gasteiger partial charge on any atom is 0.434 e. The summed E-state index contributed by atoms with van der Waals surface area (Å²) in [6, 6.07) is 14.9. The van der Waals surface area contributed by atoms with Crippen LogP contribution in [0, 0.1) is 0 Å². The highest BCUT2D eigenvalue weighted by Gasteiger charge is 2.37. The Bertz CT molecular complexity index is 1540. The number of nitrogens with zero attached hydrogens (tertiary/aromatic N) is 5. The number of amides is 1. The van der Waals surface area contributed by atoms with Gasteiger partial charge in [0.25, 0.3) is 0 Å². The molecule has 2 aromatic carbocycles. The highest BCUT2D eigenvalue weighted by atomic mass is 19.4. The zero-order valence-electron chi connectivity index (χ0n) is 21.4. The molecule has 0 unspecified atom stereocenters. The van der Waals surface area contributed by atoms with Crippen molar-refractivity contribution in [1.82, 2.24) is 19.5 Å². The summed E-state index contributed by atoms with van der Waals surface area (Å²) in [7, 11) is 0. The maximum absolute atomic E-state index is 13.4. The first-order chi connectivity index (χ1) is 18.7. The van der Waals surface area contributed by atoms with Crippen LogP contribution in [0.3, 0.4) is 0 Å². The molecule has 0 N–H and O–H groups in total. The second-order valence-electron chi connectivity index (χ2n) is 10.2. The molecule has 2 aliphatic heterocycles. The number of benzene rings is 2. The summed E-state index contributed by atoms with van der Waals surface area (Å²) in [6.07, 6.45) is -1.55. The first-order valence-electron chi connectivity index (χ1n) is 12.8. The molecule has 39 heavy (non-hydrogen) atoms. The Kier molecular flexibility index (Phi) is 6.22. The fourth-order valence-corrected chi connectivity index (χ4v) is 4.98. The molecule has 2 aliphatic rings. The Morgan fingerprint density at radius 2 is 1.79 bits per heavy atom. The van der Waals surface area contributed by atoms with Gasteiger partial charge in [-0.3, -0.25) is 9.69 Å². The van der Waals surface area contributed by atoms with Gasteiger partial charge in [-0.25, -0.2) is 15.0 Å². The van der Waals surface area contributed by atoms with Gasteiger partial charge in [0.2, 0.25) is 5.91 Å². The summed E-state index contributed by atoms with van der Waals surface area (Å²) in [5, 5.41) is 0. The zero-order valence-corrected chi connectivity index (χ0v) is 21.4. The number of hydrogen-bond acceptors (Lipinski definition) is 5. The third kappa shape index (κ3) is 4.69. The molecule has 0 radical (unpaired) electrons. The number of carbonyl (C=O) groups excluding carboxylic acids is 1. The number of imidazole rings is 1. The van der Waals surface area contributed by atoms with E-state index < -0.39 is 11.9 Å². The van der Waals surface area contributed by atoms with Crippen LogP contribution in [-0.2, 0) is 28.7 Å². The van der Waals surface area contributed by atoms with Gasteiger partial charge in [0.1, 0.15) is 11.6 Å². The van der Waals surface area contributed by atoms with Crippen LogP contribution >= 0.6 is 0 Å². The van der Waals surface area contributed by atoms with E-state index in [0.29, 0.717) is 30.4 Å². The smallest absolute Gasteiger partial charge is 0.377 e. The van der Waals surface area contributed by atoms with Crippen LogP contribution < -0.4 is 4.90 Å². The molecule has 0 bridgehead atoms. The van der Waals surface area contributed by atoms with Crippen molar-refractivity contribution < 1.29 is 22.7 Å². The molecule has 7 nitrogen and oxygen atoms in total. The van der Waals surface area contributed by atoms with Gasteiger partial charge >= 0.3 is 6.18 Å². The number of fused-ring (bicyclic) bond motifs is 1. The minimum absolute atomic E-state index is 0.0759. The van der Waals surface area contributed by atoms with E-state index in [1.165, 1.54) is 4.57 Å². The van der Waals surface area contributed by atoms with Crippen molar-refractivity contribution in [2.24, 2.45) is 0 Å². The summed E-state index contributed by atoms with van der Waals surface area (Å²) in [4.78, 5) is 27.8. The standard InChI is InChI=1S/C29H26F3N5O2/c1-17(2)22-5-3-4-6-23(22)26-33-12-20-11-25(38)37(28(20)35-26)13-18-7-9-19(10-8-18)27-34-24(29(30,31)32)14-36(27)21-15-39-16-21/h3-10,12,14,17,21H,11,13,15-16H2,1-2H3. The van der Waals surface area contributed by atoms with Crippen LogP contribution in [0.4, 0.5) is 19.0 Å². The monoisotopic (exact) mass is 533 g/mol. The van der Waals surface area contributed by atoms with Crippen molar-refractivity contribution in [3.63, 3.8) is 0 Å². The highest BCUT2D eigenvalue weighted by Crippen LogP contribution is 2.35. The lowest BCUT2D eigenvalue weighted by atomic mass is 9.97. The minimum Gasteiger partial charge on any atom is -0.377 e. The SMILES string of the molecule is CC(C)c1ccccc1-c1ncc2c(n1)N(Cc1ccc(-c3nc(C(F)(F)F)cn3C3COC3)cc1)C(=O)C2. The lowest BCUT2D eigenvalue weighted by molar-refractivity contribution is -0.141. The van der Waals surface area contributed by atoms with Gasteiger partial charge in [-0.1, -0.05) is 62.4 Å². The number of ether oxygens (including phenoxy) is 1. The molecule has 200 valence electrons. The van der Waals surface area contributed by atoms with E-state index in [2.05, 4.69) is 29.9 Å². The van der Waals surface area contributed by atoms with Crippen molar-refractivity contribution in [3.05, 3.63) is 83.3 Å². The minimum atomic E-state index is -4.54. The van der Waals surface area contributed by atoms with Gasteiger partial charge in [0, 0.05) is 29.1 Å². The summed E-state index contributed by atoms with van der Waals surface area (Å²) >= 11 is 0. The van der Waals surface area contributed by atoms with Crippen molar-refractivity contribution in [2.45, 2.75) is 44.9 Å². The predicted molar refractivity (Wildman–Crippen MR) is 139 cm³/mol. The van der Waals surface area contributed by atoms with E-state index in [0.717, 1.165) is 28.5 Å². The number of rotatable bonds is 6. The molecule has 6 rings (SSSR count). The van der Waals surface area contributed by atoms with Gasteiger partial charge in [0.05, 0.1) is 32.2 Å². The van der Waals surface area contributed by atoms with Crippen LogP contribution in [0.1, 0.15) is 48.2 Å². The summed E-state index contributed by atoms with van der Waals surface area (Å²) in [6.45, 7) is 5.21.